The van der Waals surface area contributed by atoms with E-state index in [2.05, 4.69) is 51.9 Å². The summed E-state index contributed by atoms with van der Waals surface area (Å²) in [5.41, 5.74) is 2.39. The van der Waals surface area contributed by atoms with Crippen molar-refractivity contribution in [3.05, 3.63) is 35.4 Å². The molecule has 3 rings (SSSR count). The fourth-order valence-electron chi connectivity index (χ4n) is 2.65. The third-order valence-electron chi connectivity index (χ3n) is 3.70. The molecule has 1 aromatic carbocycles. The molecule has 1 aliphatic heterocycles. The standard InChI is InChI=1S/C14H18N6O/c1-10-5-7-11(8-6-10)12-4-3-9-20(12)14(21)15-13-16-18-19(2)17-13/h5-8,12H,3-4,9H2,1-2H3,(H,15,17,21). The van der Waals surface area contributed by atoms with E-state index in [1.807, 2.05) is 4.90 Å². The molecule has 1 saturated heterocycles. The minimum atomic E-state index is -0.175. The summed E-state index contributed by atoms with van der Waals surface area (Å²) in [6, 6.07) is 8.27. The van der Waals surface area contributed by atoms with Gasteiger partial charge in [-0.25, -0.2) is 4.79 Å². The lowest BCUT2D eigenvalue weighted by Crippen LogP contribution is -2.34. The number of urea groups is 1. The fraction of sp³-hybridized carbons (Fsp3) is 0.429. The average Bonchev–Trinajstić information content (AvgIpc) is 3.09. The third-order valence-corrected chi connectivity index (χ3v) is 3.70. The van der Waals surface area contributed by atoms with Gasteiger partial charge in [0.15, 0.2) is 0 Å². The maximum atomic E-state index is 12.4. The number of hydrogen-bond donors (Lipinski definition) is 1. The van der Waals surface area contributed by atoms with Crippen molar-refractivity contribution in [1.29, 1.82) is 0 Å². The Kier molecular flexibility index (Phi) is 3.55. The topological polar surface area (TPSA) is 75.9 Å². The molecule has 1 aliphatic rings. The smallest absolute Gasteiger partial charge is 0.317 e. The second-order valence-corrected chi connectivity index (χ2v) is 5.29. The SMILES string of the molecule is Cc1ccc(C2CCCN2C(=O)Nc2nnn(C)n2)cc1. The highest BCUT2D eigenvalue weighted by molar-refractivity contribution is 5.87. The van der Waals surface area contributed by atoms with Crippen LogP contribution >= 0.6 is 0 Å². The quantitative estimate of drug-likeness (QED) is 0.914. The van der Waals surface area contributed by atoms with E-state index in [-0.39, 0.29) is 18.0 Å². The summed E-state index contributed by atoms with van der Waals surface area (Å²) in [7, 11) is 1.66. The summed E-state index contributed by atoms with van der Waals surface area (Å²) >= 11 is 0. The highest BCUT2D eigenvalue weighted by Crippen LogP contribution is 2.32. The Hall–Kier alpha value is -2.44. The zero-order valence-electron chi connectivity index (χ0n) is 12.2. The summed E-state index contributed by atoms with van der Waals surface area (Å²) in [6.07, 6.45) is 1.98. The molecule has 1 aromatic heterocycles. The van der Waals surface area contributed by atoms with Gasteiger partial charge in [0.05, 0.1) is 13.1 Å². The van der Waals surface area contributed by atoms with Crippen molar-refractivity contribution in [3.8, 4) is 0 Å². The van der Waals surface area contributed by atoms with Crippen LogP contribution in [0.1, 0.15) is 30.0 Å². The fourth-order valence-corrected chi connectivity index (χ4v) is 2.65. The summed E-state index contributed by atoms with van der Waals surface area (Å²) in [5.74, 6) is 0.233. The second kappa shape index (κ2) is 5.51. The normalized spacial score (nSPS) is 18.0. The summed E-state index contributed by atoms with van der Waals surface area (Å²) in [6.45, 7) is 2.80. The van der Waals surface area contributed by atoms with E-state index >= 15 is 0 Å². The van der Waals surface area contributed by atoms with E-state index in [1.165, 1.54) is 15.9 Å². The van der Waals surface area contributed by atoms with Crippen LogP contribution in [0.15, 0.2) is 24.3 Å². The van der Waals surface area contributed by atoms with Crippen molar-refractivity contribution in [2.45, 2.75) is 25.8 Å². The van der Waals surface area contributed by atoms with E-state index in [9.17, 15) is 4.79 Å². The van der Waals surface area contributed by atoms with E-state index in [0.29, 0.717) is 0 Å². The van der Waals surface area contributed by atoms with E-state index in [0.717, 1.165) is 19.4 Å². The minimum absolute atomic E-state index is 0.113. The van der Waals surface area contributed by atoms with Gasteiger partial charge in [-0.05, 0) is 30.5 Å². The third kappa shape index (κ3) is 2.86. The van der Waals surface area contributed by atoms with Crippen LogP contribution in [-0.2, 0) is 7.05 Å². The molecule has 0 radical (unpaired) electrons. The van der Waals surface area contributed by atoms with E-state index in [4.69, 9.17) is 0 Å². The number of anilines is 1. The molecular weight excluding hydrogens is 268 g/mol. The lowest BCUT2D eigenvalue weighted by Gasteiger charge is -2.24. The molecule has 1 atom stereocenters. The predicted molar refractivity (Wildman–Crippen MR) is 77.7 cm³/mol. The number of carbonyl (C=O) groups is 1. The molecule has 0 saturated carbocycles. The van der Waals surface area contributed by atoms with Gasteiger partial charge in [-0.3, -0.25) is 5.32 Å². The molecular formula is C14H18N6O. The predicted octanol–water partition coefficient (Wildman–Crippen LogP) is 1.89. The molecule has 1 fully saturated rings. The molecule has 2 amide bonds. The van der Waals surface area contributed by atoms with Crippen LogP contribution in [0.3, 0.4) is 0 Å². The average molecular weight is 286 g/mol. The van der Waals surface area contributed by atoms with Crippen molar-refractivity contribution in [2.24, 2.45) is 7.05 Å². The van der Waals surface area contributed by atoms with Gasteiger partial charge in [0, 0.05) is 6.54 Å². The first kappa shape index (κ1) is 13.5. The largest absolute Gasteiger partial charge is 0.324 e. The number of amides is 2. The van der Waals surface area contributed by atoms with Gasteiger partial charge in [0.25, 0.3) is 5.95 Å². The number of likely N-dealkylation sites (tertiary alicyclic amines) is 1. The van der Waals surface area contributed by atoms with Gasteiger partial charge in [-0.2, -0.15) is 4.80 Å². The van der Waals surface area contributed by atoms with E-state index in [1.54, 1.807) is 7.05 Å². The van der Waals surface area contributed by atoms with Crippen LogP contribution in [0, 0.1) is 6.92 Å². The first-order valence-corrected chi connectivity index (χ1v) is 7.01. The highest BCUT2D eigenvalue weighted by atomic mass is 16.2. The first-order chi connectivity index (χ1) is 10.1. The van der Waals surface area contributed by atoms with Crippen molar-refractivity contribution in [1.82, 2.24) is 25.1 Å². The molecule has 21 heavy (non-hydrogen) atoms. The van der Waals surface area contributed by atoms with Crippen molar-refractivity contribution < 1.29 is 4.79 Å². The molecule has 7 nitrogen and oxygen atoms in total. The van der Waals surface area contributed by atoms with Crippen LogP contribution in [0.2, 0.25) is 0 Å². The van der Waals surface area contributed by atoms with Gasteiger partial charge in [0.1, 0.15) is 0 Å². The number of rotatable bonds is 2. The van der Waals surface area contributed by atoms with Crippen molar-refractivity contribution in [3.63, 3.8) is 0 Å². The Morgan fingerprint density at radius 2 is 2.10 bits per heavy atom. The lowest BCUT2D eigenvalue weighted by molar-refractivity contribution is 0.207. The Morgan fingerprint density at radius 3 is 2.76 bits per heavy atom. The molecule has 0 spiro atoms. The number of tetrazole rings is 1. The Morgan fingerprint density at radius 1 is 1.33 bits per heavy atom. The van der Waals surface area contributed by atoms with Crippen LogP contribution in [0.5, 0.6) is 0 Å². The van der Waals surface area contributed by atoms with Crippen LogP contribution < -0.4 is 5.32 Å². The van der Waals surface area contributed by atoms with Crippen molar-refractivity contribution >= 4 is 12.0 Å². The minimum Gasteiger partial charge on any atom is -0.317 e. The maximum Gasteiger partial charge on any atom is 0.324 e. The molecule has 1 unspecified atom stereocenters. The molecule has 0 bridgehead atoms. The Labute approximate surface area is 122 Å². The van der Waals surface area contributed by atoms with Gasteiger partial charge in [0.2, 0.25) is 0 Å². The Balaban J connectivity index is 1.74. The summed E-state index contributed by atoms with van der Waals surface area (Å²) < 4.78 is 0. The first-order valence-electron chi connectivity index (χ1n) is 7.01. The zero-order chi connectivity index (χ0) is 14.8. The molecule has 110 valence electrons. The monoisotopic (exact) mass is 286 g/mol. The number of hydrogen-bond acceptors (Lipinski definition) is 4. The van der Waals surface area contributed by atoms with Crippen LogP contribution in [0.25, 0.3) is 0 Å². The molecule has 7 heteroatoms. The van der Waals surface area contributed by atoms with Crippen molar-refractivity contribution in [2.75, 3.05) is 11.9 Å². The number of aromatic nitrogens is 4. The lowest BCUT2D eigenvalue weighted by atomic mass is 10.0. The van der Waals surface area contributed by atoms with Gasteiger partial charge < -0.3 is 4.90 Å². The number of nitrogens with one attached hydrogen (secondary N) is 1. The van der Waals surface area contributed by atoms with Gasteiger partial charge in [-0.1, -0.05) is 34.9 Å². The number of nitrogens with zero attached hydrogens (tertiary/aromatic N) is 5. The summed E-state index contributed by atoms with van der Waals surface area (Å²) in [4.78, 5) is 15.5. The number of carbonyl (C=O) groups excluding carboxylic acids is 1. The van der Waals surface area contributed by atoms with E-state index < -0.39 is 0 Å². The van der Waals surface area contributed by atoms with Crippen LogP contribution in [-0.4, -0.2) is 37.7 Å². The Bertz CT molecular complexity index is 635. The molecule has 2 heterocycles. The highest BCUT2D eigenvalue weighted by Gasteiger charge is 2.30. The number of benzene rings is 1. The summed E-state index contributed by atoms with van der Waals surface area (Å²) in [5, 5.41) is 14.1. The second-order valence-electron chi connectivity index (χ2n) is 5.29. The zero-order valence-corrected chi connectivity index (χ0v) is 12.2. The molecule has 1 N–H and O–H groups in total. The van der Waals surface area contributed by atoms with Gasteiger partial charge >= 0.3 is 6.03 Å². The van der Waals surface area contributed by atoms with Gasteiger partial charge in [-0.15, -0.1) is 5.10 Å². The number of aryl methyl sites for hydroxylation is 2. The molecule has 2 aromatic rings. The van der Waals surface area contributed by atoms with Crippen LogP contribution in [0.4, 0.5) is 10.7 Å². The maximum absolute atomic E-state index is 12.4. The molecule has 0 aliphatic carbocycles.